The quantitative estimate of drug-likeness (QED) is 0.103. The number of carboxylic acids is 2. The van der Waals surface area contributed by atoms with Crippen molar-refractivity contribution in [1.82, 2.24) is 0 Å². The number of aliphatic carboxylic acids is 2. The molecule has 6 aromatic carbocycles. The number of nitrogens with two attached hydrogens (primary N) is 1. The number of hydrogen-bond acceptors (Lipinski definition) is 5. The maximum atomic E-state index is 9.91. The molecule has 0 spiro atoms. The Morgan fingerprint density at radius 2 is 0.567 bits per heavy atom. The van der Waals surface area contributed by atoms with E-state index < -0.39 is 22.8 Å². The number of carbonyl (C=O) groups excluding carboxylic acids is 2. The molecule has 60 heavy (non-hydrogen) atoms. The molecule has 0 heterocycles. The van der Waals surface area contributed by atoms with E-state index in [1.165, 1.54) is 50.3 Å². The largest absolute Gasteiger partial charge is 2.00 e. The number of carboxylic acid groups (broad SMARTS) is 2. The Morgan fingerprint density at radius 1 is 0.400 bits per heavy atom. The standard InChI is InChI=1S/C26H24P2.C15H18NP.2C5H10O2.Ru/c1-5-13-23(14-6-1)27(24-15-7-2-8-16-24)21-22-28(25-17-9-3-10-18-25)26-19-11-4-12-20-26;16-12-7-13-17(14-8-3-1-4-9-14)15-10-5-2-6-11-15;2*1-5(2,3)4(6)7;/h1-20H,21-22H2;1-6,8-11H,7,12-13,16H2;2*1-3H3,(H,6,7);/q;;;;+2/p-2. The fourth-order valence-electron chi connectivity index (χ4n) is 5.32. The van der Waals surface area contributed by atoms with Crippen LogP contribution in [0.15, 0.2) is 182 Å². The van der Waals surface area contributed by atoms with Crippen molar-refractivity contribution in [2.75, 3.05) is 25.0 Å². The zero-order valence-corrected chi connectivity index (χ0v) is 40.2. The minimum absolute atomic E-state index is 0. The van der Waals surface area contributed by atoms with Crippen LogP contribution in [0.5, 0.6) is 0 Å². The maximum Gasteiger partial charge on any atom is 2.00 e. The molecule has 0 unspecified atom stereocenters. The third kappa shape index (κ3) is 19.2. The average Bonchev–Trinajstić information content (AvgIpc) is 3.25. The van der Waals surface area contributed by atoms with E-state index in [4.69, 9.17) is 5.73 Å². The number of hydrogen-bond donors (Lipinski definition) is 1. The second-order valence-corrected chi connectivity index (χ2v) is 22.7. The van der Waals surface area contributed by atoms with Crippen LogP contribution >= 0.6 is 23.8 Å². The van der Waals surface area contributed by atoms with Gasteiger partial charge in [0.1, 0.15) is 0 Å². The molecule has 6 rings (SSSR count). The van der Waals surface area contributed by atoms with Gasteiger partial charge in [0.2, 0.25) is 0 Å². The predicted octanol–water partition coefficient (Wildman–Crippen LogP) is 7.28. The van der Waals surface area contributed by atoms with Gasteiger partial charge in [-0.3, -0.25) is 0 Å². The van der Waals surface area contributed by atoms with E-state index >= 15 is 0 Å². The van der Waals surface area contributed by atoms with E-state index in [1.807, 2.05) is 0 Å². The van der Waals surface area contributed by atoms with Gasteiger partial charge in [-0.2, -0.15) is 0 Å². The van der Waals surface area contributed by atoms with Crippen molar-refractivity contribution in [2.45, 2.75) is 48.0 Å². The Kier molecular flexibility index (Phi) is 24.3. The van der Waals surface area contributed by atoms with Crippen LogP contribution in [0.3, 0.4) is 0 Å². The third-order valence-electron chi connectivity index (χ3n) is 8.77. The Bertz CT molecular complexity index is 1810. The van der Waals surface area contributed by atoms with Gasteiger partial charge in [-0.1, -0.05) is 224 Å². The fraction of sp³-hybridized carbons (Fsp3) is 0.255. The summed E-state index contributed by atoms with van der Waals surface area (Å²) in [5, 5.41) is 28.6. The molecular weight excluding hydrogens is 885 g/mol. The van der Waals surface area contributed by atoms with Crippen LogP contribution in [0.4, 0.5) is 0 Å². The molecular formula is C51H60NO4P3Ru. The summed E-state index contributed by atoms with van der Waals surface area (Å²) < 4.78 is 0. The summed E-state index contributed by atoms with van der Waals surface area (Å²) in [4.78, 5) is 19.8. The molecule has 0 saturated carbocycles. The number of rotatable bonds is 12. The van der Waals surface area contributed by atoms with Crippen LogP contribution in [-0.4, -0.2) is 37.0 Å². The van der Waals surface area contributed by atoms with Crippen molar-refractivity contribution in [1.29, 1.82) is 0 Å². The van der Waals surface area contributed by atoms with Crippen LogP contribution in [0, 0.1) is 10.8 Å². The minimum atomic E-state index is -1.01. The van der Waals surface area contributed by atoms with E-state index in [1.54, 1.807) is 41.5 Å². The Morgan fingerprint density at radius 3 is 0.717 bits per heavy atom. The summed E-state index contributed by atoms with van der Waals surface area (Å²) in [7, 11) is -0.933. The normalized spacial score (nSPS) is 10.8. The van der Waals surface area contributed by atoms with Crippen LogP contribution in [0.25, 0.3) is 0 Å². The zero-order valence-electron chi connectivity index (χ0n) is 35.8. The molecule has 9 heteroatoms. The van der Waals surface area contributed by atoms with E-state index in [2.05, 4.69) is 182 Å². The van der Waals surface area contributed by atoms with Crippen molar-refractivity contribution < 1.29 is 39.3 Å². The van der Waals surface area contributed by atoms with Gasteiger partial charge in [0.25, 0.3) is 0 Å². The van der Waals surface area contributed by atoms with Gasteiger partial charge >= 0.3 is 19.5 Å². The van der Waals surface area contributed by atoms with Gasteiger partial charge in [0.05, 0.1) is 0 Å². The van der Waals surface area contributed by atoms with E-state index in [9.17, 15) is 19.8 Å². The second kappa shape index (κ2) is 27.9. The van der Waals surface area contributed by atoms with Crippen molar-refractivity contribution in [3.63, 3.8) is 0 Å². The molecule has 0 aliphatic carbocycles. The monoisotopic (exact) mass is 945 g/mol. The molecule has 5 nitrogen and oxygen atoms in total. The van der Waals surface area contributed by atoms with Gasteiger partial charge in [-0.25, -0.2) is 0 Å². The van der Waals surface area contributed by atoms with Crippen molar-refractivity contribution >= 4 is 67.5 Å². The first-order chi connectivity index (χ1) is 28.2. The minimum Gasteiger partial charge on any atom is -0.550 e. The first kappa shape index (κ1) is 52.3. The summed E-state index contributed by atoms with van der Waals surface area (Å²) in [6.07, 6.45) is 4.69. The Balaban J connectivity index is 0.000000328. The molecule has 0 bridgehead atoms. The summed E-state index contributed by atoms with van der Waals surface area (Å²) in [6.45, 7) is 10.4. The molecule has 2 N–H and O–H groups in total. The van der Waals surface area contributed by atoms with Crippen molar-refractivity contribution in [2.24, 2.45) is 16.6 Å². The molecule has 0 radical (unpaired) electrons. The molecule has 316 valence electrons. The van der Waals surface area contributed by atoms with Gasteiger partial charge < -0.3 is 25.5 Å². The van der Waals surface area contributed by atoms with E-state index in [-0.39, 0.29) is 43.2 Å². The van der Waals surface area contributed by atoms with E-state index in [0.29, 0.717) is 0 Å². The fourth-order valence-corrected chi connectivity index (χ4v) is 13.1. The molecule has 0 aliphatic heterocycles. The first-order valence-electron chi connectivity index (χ1n) is 20.0. The number of benzene rings is 6. The Labute approximate surface area is 376 Å². The summed E-state index contributed by atoms with van der Waals surface area (Å²) in [5.41, 5.74) is 4.25. The number of carbonyl (C=O) groups is 2. The second-order valence-electron chi connectivity index (χ2n) is 15.7. The Hall–Kier alpha value is -3.87. The molecule has 0 saturated heterocycles. The molecule has 0 amide bonds. The summed E-state index contributed by atoms with van der Waals surface area (Å²) in [5.74, 6) is -2.01. The maximum absolute atomic E-state index is 9.91. The molecule has 6 aromatic rings. The van der Waals surface area contributed by atoms with Gasteiger partial charge in [-0.15, -0.1) is 0 Å². The predicted molar refractivity (Wildman–Crippen MR) is 254 cm³/mol. The van der Waals surface area contributed by atoms with Gasteiger partial charge in [0.15, 0.2) is 0 Å². The van der Waals surface area contributed by atoms with Crippen LogP contribution in [0.2, 0.25) is 0 Å². The van der Waals surface area contributed by atoms with Gasteiger partial charge in [-0.05, 0) is 87.0 Å². The summed E-state index contributed by atoms with van der Waals surface area (Å²) in [6, 6.07) is 65.8. The average molecular weight is 945 g/mol. The SMILES string of the molecule is CC(C)(C)C(=O)[O-].CC(C)(C)C(=O)[O-].NCCCP(c1ccccc1)c1ccccc1.[Ru+2].c1ccc(P(CCP(c2ccccc2)c2ccccc2)c2ccccc2)cc1. The topological polar surface area (TPSA) is 106 Å². The van der Waals surface area contributed by atoms with Crippen LogP contribution in [-0.2, 0) is 29.1 Å². The molecule has 0 fully saturated rings. The van der Waals surface area contributed by atoms with Crippen molar-refractivity contribution in [3.05, 3.63) is 182 Å². The smallest absolute Gasteiger partial charge is 0.550 e. The van der Waals surface area contributed by atoms with Crippen LogP contribution in [0.1, 0.15) is 48.0 Å². The molecule has 0 aromatic heterocycles. The molecule has 0 aliphatic rings. The molecule has 0 atom stereocenters. The van der Waals surface area contributed by atoms with Crippen LogP contribution < -0.4 is 47.8 Å². The van der Waals surface area contributed by atoms with Gasteiger partial charge in [0, 0.05) is 22.8 Å². The van der Waals surface area contributed by atoms with Crippen molar-refractivity contribution in [3.8, 4) is 0 Å². The zero-order chi connectivity index (χ0) is 43.1. The first-order valence-corrected chi connectivity index (χ1v) is 24.6. The summed E-state index contributed by atoms with van der Waals surface area (Å²) >= 11 is 0. The van der Waals surface area contributed by atoms with E-state index in [0.717, 1.165) is 13.0 Å². The third-order valence-corrected chi connectivity index (χ3v) is 16.8.